The first-order chi connectivity index (χ1) is 9.65. The number of ether oxygens (including phenoxy) is 2. The highest BCUT2D eigenvalue weighted by Crippen LogP contribution is 2.39. The Morgan fingerprint density at radius 3 is 2.65 bits per heavy atom. The molecule has 102 valence electrons. The molecule has 1 aliphatic rings. The van der Waals surface area contributed by atoms with Crippen molar-refractivity contribution in [3.8, 4) is 11.5 Å². The van der Waals surface area contributed by atoms with E-state index in [4.69, 9.17) is 21.1 Å². The maximum atomic E-state index is 13.5. The molecule has 0 aliphatic carbocycles. The summed E-state index contributed by atoms with van der Waals surface area (Å²) in [5.41, 5.74) is 0.283. The van der Waals surface area contributed by atoms with E-state index in [1.165, 1.54) is 18.2 Å². The summed E-state index contributed by atoms with van der Waals surface area (Å²) in [4.78, 5) is 12.0. The number of amides is 1. The Morgan fingerprint density at radius 2 is 1.90 bits per heavy atom. The molecule has 2 aromatic rings. The minimum absolute atomic E-state index is 0.0544. The molecule has 0 fully saturated rings. The molecule has 1 amide bonds. The molecule has 0 bridgehead atoms. The van der Waals surface area contributed by atoms with E-state index in [2.05, 4.69) is 5.32 Å². The molecule has 1 heterocycles. The van der Waals surface area contributed by atoms with E-state index in [0.29, 0.717) is 22.2 Å². The highest BCUT2D eigenvalue weighted by Gasteiger charge is 2.19. The second-order valence-electron chi connectivity index (χ2n) is 4.12. The van der Waals surface area contributed by atoms with Crippen LogP contribution in [0.1, 0.15) is 10.4 Å². The van der Waals surface area contributed by atoms with Gasteiger partial charge in [-0.1, -0.05) is 23.7 Å². The summed E-state index contributed by atoms with van der Waals surface area (Å²) in [6.45, 7) is 0.108. The van der Waals surface area contributed by atoms with E-state index >= 15 is 0 Å². The van der Waals surface area contributed by atoms with Crippen LogP contribution >= 0.6 is 11.6 Å². The summed E-state index contributed by atoms with van der Waals surface area (Å²) < 4.78 is 23.9. The standard InChI is InChI=1S/C14H9ClFNO3/c15-9-5-12-13(20-7-19-12)6-11(9)17-14(18)8-3-1-2-4-10(8)16/h1-6H,7H2,(H,17,18). The maximum Gasteiger partial charge on any atom is 0.258 e. The Balaban J connectivity index is 1.88. The lowest BCUT2D eigenvalue weighted by molar-refractivity contribution is 0.102. The fourth-order valence-corrected chi connectivity index (χ4v) is 2.05. The molecule has 1 N–H and O–H groups in total. The zero-order valence-electron chi connectivity index (χ0n) is 10.2. The lowest BCUT2D eigenvalue weighted by atomic mass is 10.2. The Bertz CT molecular complexity index is 690. The largest absolute Gasteiger partial charge is 0.454 e. The zero-order chi connectivity index (χ0) is 14.1. The molecular weight excluding hydrogens is 285 g/mol. The van der Waals surface area contributed by atoms with Crippen LogP contribution in [0.3, 0.4) is 0 Å². The molecule has 20 heavy (non-hydrogen) atoms. The van der Waals surface area contributed by atoms with Crippen molar-refractivity contribution < 1.29 is 18.7 Å². The van der Waals surface area contributed by atoms with E-state index < -0.39 is 11.7 Å². The third-order valence-electron chi connectivity index (χ3n) is 2.83. The van der Waals surface area contributed by atoms with Crippen molar-refractivity contribution in [3.63, 3.8) is 0 Å². The number of hydrogen-bond acceptors (Lipinski definition) is 3. The van der Waals surface area contributed by atoms with Crippen LogP contribution in [0.4, 0.5) is 10.1 Å². The SMILES string of the molecule is O=C(Nc1cc2c(cc1Cl)OCO2)c1ccccc1F. The first-order valence-corrected chi connectivity index (χ1v) is 6.18. The molecule has 4 nitrogen and oxygen atoms in total. The van der Waals surface area contributed by atoms with E-state index in [-0.39, 0.29) is 12.4 Å². The van der Waals surface area contributed by atoms with Crippen LogP contribution in [0.2, 0.25) is 5.02 Å². The van der Waals surface area contributed by atoms with Gasteiger partial charge in [-0.05, 0) is 12.1 Å². The summed E-state index contributed by atoms with van der Waals surface area (Å²) in [5, 5.41) is 2.84. The van der Waals surface area contributed by atoms with Crippen molar-refractivity contribution in [1.29, 1.82) is 0 Å². The highest BCUT2D eigenvalue weighted by molar-refractivity contribution is 6.34. The van der Waals surface area contributed by atoms with Gasteiger partial charge in [-0.15, -0.1) is 0 Å². The number of carbonyl (C=O) groups excluding carboxylic acids is 1. The van der Waals surface area contributed by atoms with Gasteiger partial charge in [0.25, 0.3) is 5.91 Å². The zero-order valence-corrected chi connectivity index (χ0v) is 10.9. The van der Waals surface area contributed by atoms with Crippen molar-refractivity contribution in [2.45, 2.75) is 0 Å². The van der Waals surface area contributed by atoms with Gasteiger partial charge in [0.15, 0.2) is 11.5 Å². The predicted molar refractivity (Wildman–Crippen MR) is 71.9 cm³/mol. The number of benzene rings is 2. The number of rotatable bonds is 2. The molecule has 6 heteroatoms. The molecule has 0 radical (unpaired) electrons. The second kappa shape index (κ2) is 5.02. The quantitative estimate of drug-likeness (QED) is 0.922. The minimum atomic E-state index is -0.595. The van der Waals surface area contributed by atoms with Gasteiger partial charge in [-0.25, -0.2) is 4.39 Å². The molecule has 0 spiro atoms. The summed E-state index contributed by atoms with van der Waals surface area (Å²) in [5.74, 6) is -0.178. The fraction of sp³-hybridized carbons (Fsp3) is 0.0714. The number of halogens is 2. The van der Waals surface area contributed by atoms with Gasteiger partial charge in [0, 0.05) is 12.1 Å². The van der Waals surface area contributed by atoms with Crippen LogP contribution in [0, 0.1) is 5.82 Å². The lowest BCUT2D eigenvalue weighted by Crippen LogP contribution is -2.13. The van der Waals surface area contributed by atoms with Crippen LogP contribution < -0.4 is 14.8 Å². The normalized spacial score (nSPS) is 12.3. The van der Waals surface area contributed by atoms with Crippen LogP contribution in [0.25, 0.3) is 0 Å². The fourth-order valence-electron chi connectivity index (χ4n) is 1.85. The first kappa shape index (κ1) is 12.7. The number of fused-ring (bicyclic) bond motifs is 1. The Morgan fingerprint density at radius 1 is 1.20 bits per heavy atom. The van der Waals surface area contributed by atoms with Crippen LogP contribution in [-0.4, -0.2) is 12.7 Å². The monoisotopic (exact) mass is 293 g/mol. The van der Waals surface area contributed by atoms with Crippen molar-refractivity contribution in [2.24, 2.45) is 0 Å². The van der Waals surface area contributed by atoms with E-state index in [9.17, 15) is 9.18 Å². The lowest BCUT2D eigenvalue weighted by Gasteiger charge is -2.09. The Kier molecular flexibility index (Phi) is 3.20. The maximum absolute atomic E-state index is 13.5. The van der Waals surface area contributed by atoms with Gasteiger partial charge in [0.1, 0.15) is 5.82 Å². The summed E-state index contributed by atoms with van der Waals surface area (Å²) in [6.07, 6.45) is 0. The third kappa shape index (κ3) is 2.28. The smallest absolute Gasteiger partial charge is 0.258 e. The Labute approximate surface area is 119 Å². The number of carbonyl (C=O) groups is 1. The van der Waals surface area contributed by atoms with Crippen LogP contribution in [0.15, 0.2) is 36.4 Å². The molecule has 0 unspecified atom stereocenters. The number of hydrogen-bond donors (Lipinski definition) is 1. The second-order valence-corrected chi connectivity index (χ2v) is 4.53. The van der Waals surface area contributed by atoms with Gasteiger partial charge in [0.2, 0.25) is 6.79 Å². The average Bonchev–Trinajstić information content (AvgIpc) is 2.86. The summed E-state index contributed by atoms with van der Waals surface area (Å²) in [6, 6.07) is 8.80. The summed E-state index contributed by atoms with van der Waals surface area (Å²) >= 11 is 6.04. The van der Waals surface area contributed by atoms with Crippen molar-refractivity contribution in [1.82, 2.24) is 0 Å². The molecule has 0 saturated heterocycles. The molecule has 0 saturated carbocycles. The van der Waals surface area contributed by atoms with Crippen molar-refractivity contribution >= 4 is 23.2 Å². The summed E-state index contributed by atoms with van der Waals surface area (Å²) in [7, 11) is 0. The van der Waals surface area contributed by atoms with Gasteiger partial charge in [-0.3, -0.25) is 4.79 Å². The van der Waals surface area contributed by atoms with Crippen molar-refractivity contribution in [2.75, 3.05) is 12.1 Å². The predicted octanol–water partition coefficient (Wildman–Crippen LogP) is 3.46. The molecule has 2 aromatic carbocycles. The van der Waals surface area contributed by atoms with Crippen LogP contribution in [0.5, 0.6) is 11.5 Å². The Hall–Kier alpha value is -2.27. The molecule has 0 atom stereocenters. The molecular formula is C14H9ClFNO3. The van der Waals surface area contributed by atoms with Crippen LogP contribution in [-0.2, 0) is 0 Å². The minimum Gasteiger partial charge on any atom is -0.454 e. The van der Waals surface area contributed by atoms with Gasteiger partial charge in [-0.2, -0.15) is 0 Å². The van der Waals surface area contributed by atoms with Gasteiger partial charge in [0.05, 0.1) is 16.3 Å². The van der Waals surface area contributed by atoms with E-state index in [1.54, 1.807) is 18.2 Å². The first-order valence-electron chi connectivity index (χ1n) is 5.80. The van der Waals surface area contributed by atoms with Crippen molar-refractivity contribution in [3.05, 3.63) is 52.8 Å². The van der Waals surface area contributed by atoms with Gasteiger partial charge < -0.3 is 14.8 Å². The third-order valence-corrected chi connectivity index (χ3v) is 3.14. The molecule has 0 aromatic heterocycles. The average molecular weight is 294 g/mol. The van der Waals surface area contributed by atoms with E-state index in [1.807, 2.05) is 0 Å². The molecule has 1 aliphatic heterocycles. The highest BCUT2D eigenvalue weighted by atomic mass is 35.5. The van der Waals surface area contributed by atoms with E-state index in [0.717, 1.165) is 0 Å². The topological polar surface area (TPSA) is 47.6 Å². The van der Waals surface area contributed by atoms with Gasteiger partial charge >= 0.3 is 0 Å². The number of nitrogens with one attached hydrogen (secondary N) is 1. The number of anilines is 1. The molecule has 3 rings (SSSR count).